The predicted molar refractivity (Wildman–Crippen MR) is 182 cm³/mol. The average Bonchev–Trinajstić information content (AvgIpc) is 3.87. The van der Waals surface area contributed by atoms with Crippen LogP contribution in [0.2, 0.25) is 0 Å². The molecule has 6 aromatic rings. The summed E-state index contributed by atoms with van der Waals surface area (Å²) in [6.07, 6.45) is 3.91. The van der Waals surface area contributed by atoms with Gasteiger partial charge in [-0.1, -0.05) is 17.7 Å². The van der Waals surface area contributed by atoms with E-state index in [1.807, 2.05) is 31.0 Å². The van der Waals surface area contributed by atoms with Gasteiger partial charge in [-0.2, -0.15) is 4.98 Å². The van der Waals surface area contributed by atoms with Crippen molar-refractivity contribution in [2.75, 3.05) is 37.5 Å². The molecule has 2 aromatic carbocycles. The second-order valence-electron chi connectivity index (χ2n) is 12.0. The van der Waals surface area contributed by atoms with Crippen molar-refractivity contribution in [3.8, 4) is 5.75 Å². The summed E-state index contributed by atoms with van der Waals surface area (Å²) < 4.78 is 36.4. The molecule has 4 aromatic heterocycles. The molecule has 0 bridgehead atoms. The van der Waals surface area contributed by atoms with E-state index >= 15 is 0 Å². The van der Waals surface area contributed by atoms with Gasteiger partial charge in [-0.05, 0) is 87.1 Å². The molecule has 1 amide bonds. The maximum Gasteiger partial charge on any atom is 0.278 e. The van der Waals surface area contributed by atoms with Gasteiger partial charge in [-0.15, -0.1) is 11.3 Å². The van der Waals surface area contributed by atoms with Gasteiger partial charge in [0.1, 0.15) is 10.4 Å². The molecule has 240 valence electrons. The van der Waals surface area contributed by atoms with Crippen LogP contribution in [0.25, 0.3) is 26.9 Å². The van der Waals surface area contributed by atoms with E-state index in [0.29, 0.717) is 40.0 Å². The first-order chi connectivity index (χ1) is 22.7. The van der Waals surface area contributed by atoms with E-state index in [1.165, 1.54) is 21.9 Å². The molecular weight excluding hydrogens is 639 g/mol. The molecule has 0 radical (unpaired) electrons. The topological polar surface area (TPSA) is 131 Å². The van der Waals surface area contributed by atoms with Crippen LogP contribution in [0.5, 0.6) is 5.75 Å². The molecule has 1 fully saturated rings. The summed E-state index contributed by atoms with van der Waals surface area (Å²) in [5.74, 6) is 0.612. The molecule has 0 aliphatic carbocycles. The van der Waals surface area contributed by atoms with E-state index in [2.05, 4.69) is 10.2 Å². The molecule has 2 aliphatic rings. The highest BCUT2D eigenvalue weighted by Crippen LogP contribution is 2.40. The summed E-state index contributed by atoms with van der Waals surface area (Å²) in [5.41, 5.74) is 3.67. The van der Waals surface area contributed by atoms with Crippen molar-refractivity contribution in [3.63, 3.8) is 0 Å². The van der Waals surface area contributed by atoms with Crippen LogP contribution < -0.4 is 20.5 Å². The summed E-state index contributed by atoms with van der Waals surface area (Å²) in [7, 11) is -0.520. The summed E-state index contributed by atoms with van der Waals surface area (Å²) in [6, 6.07) is 13.5. The maximum atomic E-state index is 14.0. The van der Waals surface area contributed by atoms with Crippen LogP contribution >= 0.6 is 11.3 Å². The lowest BCUT2D eigenvalue weighted by Gasteiger charge is -2.26. The monoisotopic (exact) mass is 669 g/mol. The Labute approximate surface area is 273 Å². The third-order valence-electron chi connectivity index (χ3n) is 9.16. The molecular formula is C33H31N7O5S2. The molecule has 1 N–H and O–H groups in total. The second-order valence-corrected chi connectivity index (χ2v) is 14.7. The normalized spacial score (nSPS) is 16.8. The molecule has 2 aliphatic heterocycles. The number of likely N-dealkylation sites (tertiary alicyclic amines) is 1. The molecule has 0 spiro atoms. The fourth-order valence-corrected chi connectivity index (χ4v) is 8.72. The first-order valence-corrected chi connectivity index (χ1v) is 17.6. The zero-order chi connectivity index (χ0) is 32.6. The average molecular weight is 670 g/mol. The lowest BCUT2D eigenvalue weighted by Crippen LogP contribution is -2.43. The molecule has 1 atom stereocenters. The Kier molecular flexibility index (Phi) is 6.86. The Balaban J connectivity index is 1.32. The summed E-state index contributed by atoms with van der Waals surface area (Å²) in [6.45, 7) is 3.33. The highest BCUT2D eigenvalue weighted by atomic mass is 32.2. The SMILES string of the molecule is COc1cc2c(cc1Nc1nc3c(ccn3S(=O)(=O)c3ccc(C)cc3)c3nc4ccsc4c(=O)n13)N(C(=O)[C@H]1CCCN1C)CC2. The molecule has 8 rings (SSSR count). The Morgan fingerprint density at radius 2 is 1.87 bits per heavy atom. The van der Waals surface area contributed by atoms with Crippen LogP contribution in [-0.4, -0.2) is 70.9 Å². The molecule has 6 heterocycles. The van der Waals surface area contributed by atoms with E-state index in [9.17, 15) is 18.0 Å². The van der Waals surface area contributed by atoms with Gasteiger partial charge in [0.05, 0.1) is 34.6 Å². The van der Waals surface area contributed by atoms with Crippen LogP contribution in [0.15, 0.2) is 69.8 Å². The van der Waals surface area contributed by atoms with E-state index in [-0.39, 0.29) is 39.6 Å². The Bertz CT molecular complexity index is 2410. The lowest BCUT2D eigenvalue weighted by atomic mass is 10.1. The largest absolute Gasteiger partial charge is 0.495 e. The zero-order valence-corrected chi connectivity index (χ0v) is 27.6. The number of methoxy groups -OCH3 is 1. The van der Waals surface area contributed by atoms with Crippen molar-refractivity contribution in [1.82, 2.24) is 23.2 Å². The number of benzene rings is 2. The van der Waals surface area contributed by atoms with E-state index in [0.717, 1.165) is 40.2 Å². The minimum absolute atomic E-state index is 0.0593. The number of nitrogens with one attached hydrogen (secondary N) is 1. The summed E-state index contributed by atoms with van der Waals surface area (Å²) >= 11 is 1.27. The second kappa shape index (κ2) is 10.9. The lowest BCUT2D eigenvalue weighted by molar-refractivity contribution is -0.122. The first kappa shape index (κ1) is 29.6. The molecule has 47 heavy (non-hydrogen) atoms. The van der Waals surface area contributed by atoms with E-state index < -0.39 is 10.0 Å². The van der Waals surface area contributed by atoms with Crippen molar-refractivity contribution >= 4 is 71.5 Å². The van der Waals surface area contributed by atoms with Gasteiger partial charge in [0, 0.05) is 18.4 Å². The first-order valence-electron chi connectivity index (χ1n) is 15.3. The van der Waals surface area contributed by atoms with Crippen molar-refractivity contribution in [2.24, 2.45) is 0 Å². The van der Waals surface area contributed by atoms with Crippen molar-refractivity contribution in [1.29, 1.82) is 0 Å². The number of likely N-dealkylation sites (N-methyl/N-ethyl adjacent to an activating group) is 1. The van der Waals surface area contributed by atoms with Crippen LogP contribution in [0.4, 0.5) is 17.3 Å². The van der Waals surface area contributed by atoms with Crippen molar-refractivity contribution in [3.05, 3.63) is 81.6 Å². The van der Waals surface area contributed by atoms with Crippen LogP contribution in [-0.2, 0) is 21.2 Å². The number of nitrogens with zero attached hydrogens (tertiary/aromatic N) is 6. The maximum absolute atomic E-state index is 14.0. The van der Waals surface area contributed by atoms with Gasteiger partial charge in [0.15, 0.2) is 11.3 Å². The van der Waals surface area contributed by atoms with Crippen molar-refractivity contribution < 1.29 is 17.9 Å². The minimum Gasteiger partial charge on any atom is -0.495 e. The Hall–Kier alpha value is -4.79. The van der Waals surface area contributed by atoms with E-state index in [1.54, 1.807) is 48.9 Å². The number of fused-ring (bicyclic) bond motifs is 5. The van der Waals surface area contributed by atoms with Gasteiger partial charge in [-0.3, -0.25) is 14.5 Å². The van der Waals surface area contributed by atoms with Crippen LogP contribution in [0.1, 0.15) is 24.0 Å². The quantitative estimate of drug-likeness (QED) is 0.272. The fraction of sp³-hybridized carbons (Fsp3) is 0.273. The third-order valence-corrected chi connectivity index (χ3v) is 11.7. The molecule has 1 saturated heterocycles. The van der Waals surface area contributed by atoms with Gasteiger partial charge >= 0.3 is 0 Å². The number of carbonyl (C=O) groups is 1. The highest BCUT2D eigenvalue weighted by molar-refractivity contribution is 7.90. The highest BCUT2D eigenvalue weighted by Gasteiger charge is 2.35. The fourth-order valence-electron chi connectivity index (χ4n) is 6.66. The number of amides is 1. The summed E-state index contributed by atoms with van der Waals surface area (Å²) in [4.78, 5) is 41.2. The van der Waals surface area contributed by atoms with Crippen LogP contribution in [0.3, 0.4) is 0 Å². The van der Waals surface area contributed by atoms with E-state index in [4.69, 9.17) is 14.7 Å². The Morgan fingerprint density at radius 3 is 2.62 bits per heavy atom. The number of hydrogen-bond acceptors (Lipinski definition) is 10. The zero-order valence-electron chi connectivity index (χ0n) is 25.9. The summed E-state index contributed by atoms with van der Waals surface area (Å²) in [5, 5.41) is 5.46. The number of hydrogen-bond donors (Lipinski definition) is 1. The number of ether oxygens (including phenoxy) is 1. The molecule has 0 saturated carbocycles. The number of aryl methyl sites for hydroxylation is 1. The number of carbonyl (C=O) groups excluding carboxylic acids is 1. The minimum atomic E-state index is -4.05. The van der Waals surface area contributed by atoms with Crippen molar-refractivity contribution in [2.45, 2.75) is 37.1 Å². The van der Waals surface area contributed by atoms with Gasteiger partial charge < -0.3 is 15.0 Å². The smallest absolute Gasteiger partial charge is 0.278 e. The number of thiophene rings is 1. The number of aromatic nitrogens is 4. The molecule has 12 nitrogen and oxygen atoms in total. The number of anilines is 3. The van der Waals surface area contributed by atoms with Gasteiger partial charge in [0.2, 0.25) is 11.9 Å². The Morgan fingerprint density at radius 1 is 1.06 bits per heavy atom. The number of rotatable bonds is 6. The van der Waals surface area contributed by atoms with Gasteiger partial charge in [0.25, 0.3) is 15.6 Å². The molecule has 0 unspecified atom stereocenters. The van der Waals surface area contributed by atoms with Crippen LogP contribution in [0, 0.1) is 6.92 Å². The standard InChI is InChI=1S/C33H31N7O5S2/c1-19-6-8-21(9-7-19)47(43,44)39-15-11-22-29(39)36-33(40-30(22)34-23-12-16-46-28(23)32(40)42)35-24-18-26-20(17-27(24)45-3)10-14-38(26)31(41)25-5-4-13-37(25)2/h6-9,11-12,15-18,25H,4-5,10,13-14H2,1-3H3,(H,35,36)/t25-/m1/s1. The third kappa shape index (κ3) is 4.61. The molecule has 14 heteroatoms. The van der Waals surface area contributed by atoms with Gasteiger partial charge in [-0.25, -0.2) is 21.8 Å². The predicted octanol–water partition coefficient (Wildman–Crippen LogP) is 4.54.